The normalized spacial score (nSPS) is 13.8. The number of hydrogen-bond donors (Lipinski definition) is 1. The maximum Gasteiger partial charge on any atom is 0.445 e. The SMILES string of the molecule is C[C@@H](NC(=O)C=Cc1c(-c2ccc(F)cc2Cl)nc2sc(C(F)(F)F)nn12)C(F)(F)F. The Kier molecular flexibility index (Phi) is 6.02. The topological polar surface area (TPSA) is 59.3 Å². The lowest BCUT2D eigenvalue weighted by Gasteiger charge is -2.15. The van der Waals surface area contributed by atoms with E-state index in [0.29, 0.717) is 6.08 Å². The van der Waals surface area contributed by atoms with Gasteiger partial charge in [-0.1, -0.05) is 22.9 Å². The van der Waals surface area contributed by atoms with Crippen molar-refractivity contribution in [3.05, 3.63) is 45.8 Å². The lowest BCUT2D eigenvalue weighted by atomic mass is 10.1. The molecule has 5 nitrogen and oxygen atoms in total. The molecule has 0 radical (unpaired) electrons. The Bertz CT molecular complexity index is 1170. The van der Waals surface area contributed by atoms with Gasteiger partial charge in [0.15, 0.2) is 0 Å². The van der Waals surface area contributed by atoms with Gasteiger partial charge in [-0.05, 0) is 31.2 Å². The van der Waals surface area contributed by atoms with E-state index in [1.807, 2.05) is 0 Å². The zero-order chi connectivity index (χ0) is 23.1. The fourth-order valence-electron chi connectivity index (χ4n) is 2.41. The number of halogens is 8. The van der Waals surface area contributed by atoms with E-state index >= 15 is 0 Å². The highest BCUT2D eigenvalue weighted by Gasteiger charge is 2.37. The second-order valence-corrected chi connectivity index (χ2v) is 7.54. The van der Waals surface area contributed by atoms with Gasteiger partial charge in [0.25, 0.3) is 0 Å². The van der Waals surface area contributed by atoms with E-state index in [4.69, 9.17) is 11.6 Å². The van der Waals surface area contributed by atoms with Gasteiger partial charge in [-0.2, -0.15) is 26.3 Å². The second kappa shape index (κ2) is 8.11. The van der Waals surface area contributed by atoms with E-state index < -0.39 is 35.1 Å². The molecule has 0 fully saturated rings. The molecule has 166 valence electrons. The van der Waals surface area contributed by atoms with Crippen molar-refractivity contribution in [2.75, 3.05) is 0 Å². The summed E-state index contributed by atoms with van der Waals surface area (Å²) in [6, 6.07) is 1.05. The minimum absolute atomic E-state index is 0.0367. The number of carbonyl (C=O) groups is 1. The van der Waals surface area contributed by atoms with Gasteiger partial charge >= 0.3 is 12.4 Å². The maximum absolute atomic E-state index is 13.4. The first kappa shape index (κ1) is 23.0. The Balaban J connectivity index is 2.07. The van der Waals surface area contributed by atoms with Crippen LogP contribution in [-0.4, -0.2) is 32.7 Å². The molecule has 0 bridgehead atoms. The molecule has 1 aromatic carbocycles. The summed E-state index contributed by atoms with van der Waals surface area (Å²) in [5.74, 6) is -1.83. The van der Waals surface area contributed by atoms with Crippen molar-refractivity contribution in [2.24, 2.45) is 0 Å². The molecule has 3 aromatic rings. The summed E-state index contributed by atoms with van der Waals surface area (Å²) in [5.41, 5.74) is -0.0755. The first-order valence-corrected chi connectivity index (χ1v) is 9.44. The maximum atomic E-state index is 13.4. The zero-order valence-electron chi connectivity index (χ0n) is 15.1. The third kappa shape index (κ3) is 4.98. The summed E-state index contributed by atoms with van der Waals surface area (Å²) in [4.78, 5) is 15.7. The molecule has 0 aliphatic rings. The molecule has 0 unspecified atom stereocenters. The molecule has 0 aliphatic carbocycles. The van der Waals surface area contributed by atoms with Crippen LogP contribution in [0.15, 0.2) is 24.3 Å². The average molecular weight is 487 g/mol. The molecule has 2 aromatic heterocycles. The molecule has 31 heavy (non-hydrogen) atoms. The number of nitrogens with zero attached hydrogens (tertiary/aromatic N) is 3. The van der Waals surface area contributed by atoms with Crippen LogP contribution in [0.2, 0.25) is 5.02 Å². The van der Waals surface area contributed by atoms with E-state index in [2.05, 4.69) is 10.1 Å². The smallest absolute Gasteiger partial charge is 0.341 e. The summed E-state index contributed by atoms with van der Waals surface area (Å²) in [5, 5.41) is 3.76. The van der Waals surface area contributed by atoms with Crippen molar-refractivity contribution in [1.29, 1.82) is 0 Å². The molecule has 0 aliphatic heterocycles. The number of nitrogens with one attached hydrogen (secondary N) is 1. The van der Waals surface area contributed by atoms with Crippen molar-refractivity contribution in [2.45, 2.75) is 25.3 Å². The van der Waals surface area contributed by atoms with Crippen LogP contribution < -0.4 is 5.32 Å². The summed E-state index contributed by atoms with van der Waals surface area (Å²) in [6.07, 6.45) is -7.80. The Labute approximate surface area is 178 Å². The van der Waals surface area contributed by atoms with Crippen LogP contribution >= 0.6 is 22.9 Å². The molecule has 1 atom stereocenters. The average Bonchev–Trinajstić information content (AvgIpc) is 3.17. The first-order valence-electron chi connectivity index (χ1n) is 8.25. The highest BCUT2D eigenvalue weighted by Crippen LogP contribution is 2.37. The van der Waals surface area contributed by atoms with Crippen LogP contribution in [0.3, 0.4) is 0 Å². The van der Waals surface area contributed by atoms with Gasteiger partial charge in [0.1, 0.15) is 17.6 Å². The molecular formula is C17H10ClF7N4OS. The van der Waals surface area contributed by atoms with Crippen LogP contribution in [0.5, 0.6) is 0 Å². The molecule has 0 saturated carbocycles. The number of aromatic nitrogens is 3. The van der Waals surface area contributed by atoms with Crippen molar-refractivity contribution >= 4 is 39.9 Å². The van der Waals surface area contributed by atoms with E-state index in [0.717, 1.165) is 29.6 Å². The number of rotatable bonds is 4. The van der Waals surface area contributed by atoms with Crippen LogP contribution in [0.25, 0.3) is 22.3 Å². The number of amides is 1. The van der Waals surface area contributed by atoms with E-state index in [-0.39, 0.29) is 38.3 Å². The second-order valence-electron chi connectivity index (χ2n) is 6.17. The van der Waals surface area contributed by atoms with Gasteiger partial charge in [0.2, 0.25) is 15.9 Å². The van der Waals surface area contributed by atoms with E-state index in [1.165, 1.54) is 6.07 Å². The van der Waals surface area contributed by atoms with Gasteiger partial charge in [-0.15, -0.1) is 5.10 Å². The van der Waals surface area contributed by atoms with Gasteiger partial charge in [0, 0.05) is 11.6 Å². The first-order chi connectivity index (χ1) is 14.3. The summed E-state index contributed by atoms with van der Waals surface area (Å²) < 4.78 is 90.9. The van der Waals surface area contributed by atoms with Crippen LogP contribution in [0, 0.1) is 5.82 Å². The summed E-state index contributed by atoms with van der Waals surface area (Å²) in [7, 11) is 0. The van der Waals surface area contributed by atoms with Crippen molar-refractivity contribution in [3.63, 3.8) is 0 Å². The molecule has 1 amide bonds. The predicted octanol–water partition coefficient (Wildman–Crippen LogP) is 5.35. The number of hydrogen-bond acceptors (Lipinski definition) is 4. The van der Waals surface area contributed by atoms with Crippen LogP contribution in [-0.2, 0) is 11.0 Å². The van der Waals surface area contributed by atoms with Gasteiger partial charge in [-0.25, -0.2) is 13.9 Å². The van der Waals surface area contributed by atoms with Gasteiger partial charge < -0.3 is 5.32 Å². The number of fused-ring (bicyclic) bond motifs is 1. The van der Waals surface area contributed by atoms with Gasteiger partial charge in [0.05, 0.1) is 10.7 Å². The minimum atomic E-state index is -4.76. The number of imidazole rings is 1. The van der Waals surface area contributed by atoms with Crippen molar-refractivity contribution < 1.29 is 35.5 Å². The fourth-order valence-corrected chi connectivity index (χ4v) is 3.44. The Morgan fingerprint density at radius 1 is 1.26 bits per heavy atom. The summed E-state index contributed by atoms with van der Waals surface area (Å²) >= 11 is 6.21. The largest absolute Gasteiger partial charge is 0.445 e. The van der Waals surface area contributed by atoms with E-state index in [1.54, 1.807) is 5.32 Å². The number of benzene rings is 1. The third-order valence-corrected chi connectivity index (χ3v) is 5.18. The van der Waals surface area contributed by atoms with E-state index in [9.17, 15) is 35.5 Å². The lowest BCUT2D eigenvalue weighted by molar-refractivity contribution is -0.156. The number of carbonyl (C=O) groups excluding carboxylic acids is 1. The lowest BCUT2D eigenvalue weighted by Crippen LogP contribution is -2.42. The third-order valence-electron chi connectivity index (χ3n) is 3.91. The van der Waals surface area contributed by atoms with Crippen molar-refractivity contribution in [3.8, 4) is 11.3 Å². The highest BCUT2D eigenvalue weighted by molar-refractivity contribution is 7.16. The zero-order valence-corrected chi connectivity index (χ0v) is 16.7. The summed E-state index contributed by atoms with van der Waals surface area (Å²) in [6.45, 7) is 0.725. The Morgan fingerprint density at radius 3 is 2.52 bits per heavy atom. The monoisotopic (exact) mass is 486 g/mol. The standard InChI is InChI=1S/C17H10ClF7N4OS/c1-7(16(20,21)22)26-12(30)5-4-11-13(9-3-2-8(19)6-10(9)18)27-15-29(11)28-14(31-15)17(23,24)25/h2-7H,1H3,(H,26,30)/t7-/m1/s1. The van der Waals surface area contributed by atoms with Crippen molar-refractivity contribution in [1.82, 2.24) is 19.9 Å². The quantitative estimate of drug-likeness (QED) is 0.399. The van der Waals surface area contributed by atoms with Crippen LogP contribution in [0.1, 0.15) is 17.6 Å². The molecule has 14 heteroatoms. The van der Waals surface area contributed by atoms with Crippen LogP contribution in [0.4, 0.5) is 30.7 Å². The molecule has 2 heterocycles. The molecular weight excluding hydrogens is 477 g/mol. The van der Waals surface area contributed by atoms with Gasteiger partial charge in [-0.3, -0.25) is 4.79 Å². The molecule has 0 spiro atoms. The molecule has 1 N–H and O–H groups in total. The fraction of sp³-hybridized carbons (Fsp3) is 0.235. The Hall–Kier alpha value is -2.67. The minimum Gasteiger partial charge on any atom is -0.341 e. The molecule has 3 rings (SSSR count). The Morgan fingerprint density at radius 2 is 1.94 bits per heavy atom. The number of alkyl halides is 6. The highest BCUT2D eigenvalue weighted by atomic mass is 35.5. The molecule has 0 saturated heterocycles. The predicted molar refractivity (Wildman–Crippen MR) is 99.0 cm³/mol.